The van der Waals surface area contributed by atoms with E-state index in [1.54, 1.807) is 27.6 Å². The van der Waals surface area contributed by atoms with E-state index in [9.17, 15) is 9.59 Å². The zero-order valence-corrected chi connectivity index (χ0v) is 16.2. The second kappa shape index (κ2) is 7.75. The molecule has 6 nitrogen and oxygen atoms in total. The van der Waals surface area contributed by atoms with Crippen LogP contribution in [-0.2, 0) is 11.3 Å². The van der Waals surface area contributed by atoms with Crippen molar-refractivity contribution in [3.05, 3.63) is 28.6 Å². The molecule has 2 aliphatic rings. The largest absolute Gasteiger partial charge is 0.349 e. The molecule has 2 aromatic heterocycles. The van der Waals surface area contributed by atoms with Crippen molar-refractivity contribution in [3.63, 3.8) is 0 Å². The zero-order chi connectivity index (χ0) is 17.9. The number of nitrogens with zero attached hydrogens (tertiary/aromatic N) is 3. The molecule has 3 amide bonds. The summed E-state index contributed by atoms with van der Waals surface area (Å²) in [5.41, 5.74) is 0.863. The minimum atomic E-state index is -0.349. The first-order valence-corrected chi connectivity index (χ1v) is 10.8. The highest BCUT2D eigenvalue weighted by atomic mass is 32.1. The average molecular weight is 391 g/mol. The number of aromatic nitrogens is 1. The molecule has 0 spiro atoms. The smallest absolute Gasteiger partial charge is 0.320 e. The predicted octanol–water partition coefficient (Wildman–Crippen LogP) is 3.17. The van der Waals surface area contributed by atoms with Gasteiger partial charge in [0.2, 0.25) is 5.91 Å². The standard InChI is InChI=1S/C18H22N4O2S2/c23-16(14-5-3-9-22(14)18(24)21-7-1-2-8-21)19-11-13-12-26-17(20-13)15-6-4-10-25-15/h4,6,10,12,14H,1-3,5,7-9,11H2,(H,19,23). The average Bonchev–Trinajstić information content (AvgIpc) is 3.44. The number of amides is 3. The highest BCUT2D eigenvalue weighted by molar-refractivity contribution is 7.20. The van der Waals surface area contributed by atoms with Crippen LogP contribution in [0, 0.1) is 0 Å². The SMILES string of the molecule is O=C(NCc1csc(-c2cccs2)n1)C1CCCN1C(=O)N1CCCC1. The maximum atomic E-state index is 12.6. The number of carbonyl (C=O) groups excluding carboxylic acids is 2. The molecule has 0 bridgehead atoms. The summed E-state index contributed by atoms with van der Waals surface area (Å²) >= 11 is 3.25. The third-order valence-corrected chi connectivity index (χ3v) is 6.84. The number of carbonyl (C=O) groups is 2. The van der Waals surface area contributed by atoms with Crippen LogP contribution in [0.15, 0.2) is 22.9 Å². The van der Waals surface area contributed by atoms with Crippen LogP contribution in [0.1, 0.15) is 31.4 Å². The number of hydrogen-bond acceptors (Lipinski definition) is 5. The van der Waals surface area contributed by atoms with Gasteiger partial charge >= 0.3 is 6.03 Å². The van der Waals surface area contributed by atoms with E-state index in [-0.39, 0.29) is 18.0 Å². The lowest BCUT2D eigenvalue weighted by atomic mass is 10.2. The Bertz CT molecular complexity index is 768. The second-order valence-corrected chi connectivity index (χ2v) is 8.47. The van der Waals surface area contributed by atoms with Gasteiger partial charge in [0.25, 0.3) is 0 Å². The fourth-order valence-corrected chi connectivity index (χ4v) is 5.19. The van der Waals surface area contributed by atoms with Gasteiger partial charge in [0.15, 0.2) is 0 Å². The van der Waals surface area contributed by atoms with Crippen LogP contribution < -0.4 is 5.32 Å². The first-order chi connectivity index (χ1) is 12.7. The van der Waals surface area contributed by atoms with Crippen LogP contribution >= 0.6 is 22.7 Å². The summed E-state index contributed by atoms with van der Waals surface area (Å²) in [7, 11) is 0. The van der Waals surface area contributed by atoms with E-state index in [1.165, 1.54) is 0 Å². The Hall–Kier alpha value is -1.93. The quantitative estimate of drug-likeness (QED) is 0.872. The number of rotatable bonds is 4. The van der Waals surface area contributed by atoms with E-state index < -0.39 is 0 Å². The molecule has 0 aliphatic carbocycles. The lowest BCUT2D eigenvalue weighted by Crippen LogP contribution is -2.50. The fourth-order valence-electron chi connectivity index (χ4n) is 3.56. The molecular weight excluding hydrogens is 368 g/mol. The number of thiazole rings is 1. The van der Waals surface area contributed by atoms with Crippen molar-refractivity contribution in [3.8, 4) is 9.88 Å². The van der Waals surface area contributed by atoms with Gasteiger partial charge in [0.1, 0.15) is 11.0 Å². The molecular formula is C18H22N4O2S2. The van der Waals surface area contributed by atoms with Crippen LogP contribution in [0.2, 0.25) is 0 Å². The Kier molecular flexibility index (Phi) is 5.21. The highest BCUT2D eigenvalue weighted by Crippen LogP contribution is 2.28. The second-order valence-electron chi connectivity index (χ2n) is 6.67. The van der Waals surface area contributed by atoms with Gasteiger partial charge in [-0.3, -0.25) is 4.79 Å². The lowest BCUT2D eigenvalue weighted by molar-refractivity contribution is -0.125. The van der Waals surface area contributed by atoms with Gasteiger partial charge < -0.3 is 15.1 Å². The van der Waals surface area contributed by atoms with Gasteiger partial charge in [-0.1, -0.05) is 6.07 Å². The molecule has 0 aromatic carbocycles. The van der Waals surface area contributed by atoms with Crippen LogP contribution in [-0.4, -0.2) is 52.4 Å². The molecule has 26 heavy (non-hydrogen) atoms. The van der Waals surface area contributed by atoms with Crippen molar-refractivity contribution in [2.45, 2.75) is 38.3 Å². The van der Waals surface area contributed by atoms with Crippen LogP contribution in [0.4, 0.5) is 4.79 Å². The van der Waals surface area contributed by atoms with Gasteiger partial charge in [-0.2, -0.15) is 0 Å². The molecule has 8 heteroatoms. The monoisotopic (exact) mass is 390 g/mol. The van der Waals surface area contributed by atoms with Crippen molar-refractivity contribution >= 4 is 34.6 Å². The van der Waals surface area contributed by atoms with E-state index in [0.29, 0.717) is 13.1 Å². The zero-order valence-electron chi connectivity index (χ0n) is 14.5. The van der Waals surface area contributed by atoms with E-state index >= 15 is 0 Å². The molecule has 1 N–H and O–H groups in total. The molecule has 1 unspecified atom stereocenters. The van der Waals surface area contributed by atoms with Gasteiger partial charge in [-0.25, -0.2) is 9.78 Å². The molecule has 0 radical (unpaired) electrons. The maximum absolute atomic E-state index is 12.6. The number of hydrogen-bond donors (Lipinski definition) is 1. The summed E-state index contributed by atoms with van der Waals surface area (Å²) < 4.78 is 0. The first-order valence-electron chi connectivity index (χ1n) is 9.04. The Morgan fingerprint density at radius 1 is 1.19 bits per heavy atom. The van der Waals surface area contributed by atoms with Crippen molar-refractivity contribution in [1.82, 2.24) is 20.1 Å². The third-order valence-electron chi connectivity index (χ3n) is 4.91. The minimum absolute atomic E-state index is 0.0220. The Morgan fingerprint density at radius 2 is 2.04 bits per heavy atom. The summed E-state index contributed by atoms with van der Waals surface area (Å²) in [5, 5.41) is 7.97. The molecule has 0 saturated carbocycles. The number of urea groups is 1. The highest BCUT2D eigenvalue weighted by Gasteiger charge is 2.36. The van der Waals surface area contributed by atoms with E-state index in [4.69, 9.17) is 0 Å². The molecule has 4 rings (SSSR count). The fraction of sp³-hybridized carbons (Fsp3) is 0.500. The van der Waals surface area contributed by atoms with Crippen molar-refractivity contribution in [2.24, 2.45) is 0 Å². The Labute approximate surface area is 160 Å². The third kappa shape index (κ3) is 3.61. The number of thiophene rings is 1. The summed E-state index contributed by atoms with van der Waals surface area (Å²) in [5.74, 6) is -0.0688. The van der Waals surface area contributed by atoms with Crippen LogP contribution in [0.3, 0.4) is 0 Å². The molecule has 2 saturated heterocycles. The van der Waals surface area contributed by atoms with Gasteiger partial charge in [0.05, 0.1) is 17.1 Å². The lowest BCUT2D eigenvalue weighted by Gasteiger charge is -2.28. The number of nitrogens with one attached hydrogen (secondary N) is 1. The Balaban J connectivity index is 1.34. The van der Waals surface area contributed by atoms with E-state index in [0.717, 1.165) is 54.4 Å². The van der Waals surface area contributed by atoms with Crippen molar-refractivity contribution in [1.29, 1.82) is 0 Å². The van der Waals surface area contributed by atoms with E-state index in [2.05, 4.69) is 10.3 Å². The molecule has 1 atom stereocenters. The first kappa shape index (κ1) is 17.5. The molecule has 4 heterocycles. The summed E-state index contributed by atoms with van der Waals surface area (Å²) in [4.78, 5) is 34.6. The van der Waals surface area contributed by atoms with Gasteiger partial charge in [-0.15, -0.1) is 22.7 Å². The van der Waals surface area contributed by atoms with Crippen molar-refractivity contribution in [2.75, 3.05) is 19.6 Å². The minimum Gasteiger partial charge on any atom is -0.349 e. The van der Waals surface area contributed by atoms with Crippen molar-refractivity contribution < 1.29 is 9.59 Å². The molecule has 138 valence electrons. The summed E-state index contributed by atoms with van der Waals surface area (Å²) in [6.45, 7) is 2.71. The normalized spacial score (nSPS) is 19.9. The van der Waals surface area contributed by atoms with E-state index in [1.807, 2.05) is 27.8 Å². The van der Waals surface area contributed by atoms with Crippen LogP contribution in [0.25, 0.3) is 9.88 Å². The number of likely N-dealkylation sites (tertiary alicyclic amines) is 2. The molecule has 2 aromatic rings. The van der Waals surface area contributed by atoms with Crippen LogP contribution in [0.5, 0.6) is 0 Å². The molecule has 2 fully saturated rings. The van der Waals surface area contributed by atoms with Gasteiger partial charge in [-0.05, 0) is 37.1 Å². The summed E-state index contributed by atoms with van der Waals surface area (Å²) in [6, 6.07) is 3.73. The van der Waals surface area contributed by atoms with Gasteiger partial charge in [0, 0.05) is 25.0 Å². The maximum Gasteiger partial charge on any atom is 0.320 e. The predicted molar refractivity (Wildman–Crippen MR) is 103 cm³/mol. The Morgan fingerprint density at radius 3 is 2.81 bits per heavy atom. The molecule has 2 aliphatic heterocycles. The topological polar surface area (TPSA) is 65.5 Å². The summed E-state index contributed by atoms with van der Waals surface area (Å²) in [6.07, 6.45) is 3.75.